The molecule has 0 fully saturated rings. The van der Waals surface area contributed by atoms with Gasteiger partial charge in [-0.3, -0.25) is 4.79 Å². The van der Waals surface area contributed by atoms with E-state index >= 15 is 0 Å². The van der Waals surface area contributed by atoms with Crippen LogP contribution in [0.3, 0.4) is 0 Å². The van der Waals surface area contributed by atoms with Gasteiger partial charge in [0.25, 0.3) is 0 Å². The van der Waals surface area contributed by atoms with E-state index in [1.807, 2.05) is 12.2 Å². The maximum atomic E-state index is 12.8. The summed E-state index contributed by atoms with van der Waals surface area (Å²) in [5.74, 6) is -0.320. The van der Waals surface area contributed by atoms with Crippen LogP contribution in [0, 0.1) is 11.7 Å². The lowest BCUT2D eigenvalue weighted by Crippen LogP contribution is -2.33. The normalized spacial score (nSPS) is 22.1. The Morgan fingerprint density at radius 3 is 2.70 bits per heavy atom. The molecule has 0 saturated carbocycles. The van der Waals surface area contributed by atoms with Gasteiger partial charge in [0.05, 0.1) is 0 Å². The van der Waals surface area contributed by atoms with Gasteiger partial charge in [-0.15, -0.1) is 0 Å². The van der Waals surface area contributed by atoms with Crippen molar-refractivity contribution in [1.82, 2.24) is 5.32 Å². The molecule has 1 amide bonds. The second kappa shape index (κ2) is 6.48. The molecule has 0 aliphatic heterocycles. The third kappa shape index (κ3) is 3.78. The van der Waals surface area contributed by atoms with Gasteiger partial charge in [0.1, 0.15) is 5.82 Å². The van der Waals surface area contributed by atoms with Gasteiger partial charge in [-0.05, 0) is 37.1 Å². The lowest BCUT2D eigenvalue weighted by Gasteiger charge is -2.13. The molecule has 4 heteroatoms. The average molecular weight is 275 g/mol. The molecular weight excluding hydrogens is 257 g/mol. The van der Waals surface area contributed by atoms with Crippen molar-refractivity contribution >= 4 is 12.0 Å². The fraction of sp³-hybridized carbons (Fsp3) is 0.312. The van der Waals surface area contributed by atoms with Crippen molar-refractivity contribution in [1.29, 1.82) is 0 Å². The van der Waals surface area contributed by atoms with E-state index < -0.39 is 0 Å². The van der Waals surface area contributed by atoms with Crippen LogP contribution in [0.2, 0.25) is 0 Å². The van der Waals surface area contributed by atoms with Gasteiger partial charge >= 0.3 is 0 Å². The van der Waals surface area contributed by atoms with Crippen LogP contribution in [0.5, 0.6) is 0 Å². The molecule has 0 radical (unpaired) electrons. The highest BCUT2D eigenvalue weighted by molar-refractivity contribution is 5.97. The fourth-order valence-corrected chi connectivity index (χ4v) is 2.17. The van der Waals surface area contributed by atoms with Gasteiger partial charge in [-0.1, -0.05) is 24.3 Å². The molecule has 1 aromatic carbocycles. The summed E-state index contributed by atoms with van der Waals surface area (Å²) in [6.07, 6.45) is 6.27. The number of carbonyl (C=O) groups excluding carboxylic acids is 1. The molecule has 0 bridgehead atoms. The highest BCUT2D eigenvalue weighted by atomic mass is 19.1. The highest BCUT2D eigenvalue weighted by Crippen LogP contribution is 2.17. The van der Waals surface area contributed by atoms with Crippen LogP contribution in [-0.4, -0.2) is 23.7 Å². The summed E-state index contributed by atoms with van der Waals surface area (Å²) in [4.78, 5) is 12.0. The predicted octanol–water partition coefficient (Wildman–Crippen LogP) is 2.28. The second-order valence-corrected chi connectivity index (χ2v) is 5.02. The number of aliphatic hydroxyl groups excluding tert-OH is 1. The second-order valence-electron chi connectivity index (χ2n) is 5.02. The van der Waals surface area contributed by atoms with E-state index in [4.69, 9.17) is 5.11 Å². The van der Waals surface area contributed by atoms with Crippen molar-refractivity contribution in [3.63, 3.8) is 0 Å². The van der Waals surface area contributed by atoms with Crippen molar-refractivity contribution in [3.05, 3.63) is 53.4 Å². The van der Waals surface area contributed by atoms with E-state index in [1.54, 1.807) is 25.1 Å². The van der Waals surface area contributed by atoms with Gasteiger partial charge in [0.2, 0.25) is 5.91 Å². The standard InChI is InChI=1S/C16H18FNO2/c1-11(8-12-2-5-14(17)6-3-12)16(20)18-15-7-4-13(9-15)10-19/h2-8,13,15,19H,9-10H2,1H3,(H,18,20)/b11-8-/t13-,15+/m0/s1. The molecule has 20 heavy (non-hydrogen) atoms. The van der Waals surface area contributed by atoms with Crippen LogP contribution >= 0.6 is 0 Å². The lowest BCUT2D eigenvalue weighted by atomic mass is 10.1. The summed E-state index contributed by atoms with van der Waals surface area (Å²) in [5.41, 5.74) is 1.35. The fourth-order valence-electron chi connectivity index (χ4n) is 2.17. The average Bonchev–Trinajstić information content (AvgIpc) is 2.89. The lowest BCUT2D eigenvalue weighted by molar-refractivity contribution is -0.117. The van der Waals surface area contributed by atoms with E-state index in [1.165, 1.54) is 12.1 Å². The largest absolute Gasteiger partial charge is 0.396 e. The van der Waals surface area contributed by atoms with Crippen LogP contribution in [-0.2, 0) is 4.79 Å². The molecule has 1 aliphatic rings. The Morgan fingerprint density at radius 2 is 2.10 bits per heavy atom. The van der Waals surface area contributed by atoms with Gasteiger partial charge in [-0.2, -0.15) is 0 Å². The zero-order valence-corrected chi connectivity index (χ0v) is 11.3. The minimum Gasteiger partial charge on any atom is -0.396 e. The van der Waals surface area contributed by atoms with Crippen LogP contribution in [0.1, 0.15) is 18.9 Å². The third-order valence-corrected chi connectivity index (χ3v) is 3.33. The topological polar surface area (TPSA) is 49.3 Å². The molecule has 2 atom stereocenters. The molecule has 2 N–H and O–H groups in total. The van der Waals surface area contributed by atoms with Gasteiger partial charge < -0.3 is 10.4 Å². The Labute approximate surface area is 117 Å². The van der Waals surface area contributed by atoms with Crippen LogP contribution < -0.4 is 5.32 Å². The molecule has 0 aromatic heterocycles. The minimum atomic E-state index is -0.296. The molecular formula is C16H18FNO2. The van der Waals surface area contributed by atoms with Gasteiger partial charge in [-0.25, -0.2) is 4.39 Å². The summed E-state index contributed by atoms with van der Waals surface area (Å²) >= 11 is 0. The SMILES string of the molecule is C/C(=C/c1ccc(F)cc1)C(=O)N[C@@H]1C=C[C@H](CO)C1. The molecule has 0 spiro atoms. The third-order valence-electron chi connectivity index (χ3n) is 3.33. The molecule has 0 heterocycles. The van der Waals surface area contributed by atoms with E-state index in [0.29, 0.717) is 5.57 Å². The smallest absolute Gasteiger partial charge is 0.247 e. The predicted molar refractivity (Wildman–Crippen MR) is 76.3 cm³/mol. The van der Waals surface area contributed by atoms with Gasteiger partial charge in [0, 0.05) is 24.1 Å². The van der Waals surface area contributed by atoms with Gasteiger partial charge in [0.15, 0.2) is 0 Å². The van der Waals surface area contributed by atoms with Crippen molar-refractivity contribution < 1.29 is 14.3 Å². The number of amides is 1. The molecule has 1 aromatic rings. The number of carbonyl (C=O) groups is 1. The minimum absolute atomic E-state index is 0.0313. The Bertz CT molecular complexity index is 534. The van der Waals surface area contributed by atoms with Crippen LogP contribution in [0.4, 0.5) is 4.39 Å². The zero-order valence-electron chi connectivity index (χ0n) is 11.3. The number of nitrogens with one attached hydrogen (secondary N) is 1. The van der Waals surface area contributed by atoms with Crippen molar-refractivity contribution in [2.24, 2.45) is 5.92 Å². The highest BCUT2D eigenvalue weighted by Gasteiger charge is 2.19. The number of hydrogen-bond acceptors (Lipinski definition) is 2. The Balaban J connectivity index is 1.95. The molecule has 2 rings (SSSR count). The quantitative estimate of drug-likeness (QED) is 0.654. The van der Waals surface area contributed by atoms with Crippen LogP contribution in [0.25, 0.3) is 6.08 Å². The Hall–Kier alpha value is -1.94. The summed E-state index contributed by atoms with van der Waals surface area (Å²) < 4.78 is 12.8. The monoisotopic (exact) mass is 275 g/mol. The molecule has 1 aliphatic carbocycles. The number of halogens is 1. The first-order chi connectivity index (χ1) is 9.58. The number of benzene rings is 1. The van der Waals surface area contributed by atoms with Crippen LogP contribution in [0.15, 0.2) is 42.0 Å². The first-order valence-electron chi connectivity index (χ1n) is 6.62. The Morgan fingerprint density at radius 1 is 1.40 bits per heavy atom. The van der Waals surface area contributed by atoms with Crippen molar-refractivity contribution in [2.45, 2.75) is 19.4 Å². The maximum absolute atomic E-state index is 12.8. The molecule has 3 nitrogen and oxygen atoms in total. The first kappa shape index (κ1) is 14.5. The number of aliphatic hydroxyl groups is 1. The van der Waals surface area contributed by atoms with E-state index in [9.17, 15) is 9.18 Å². The van der Waals surface area contributed by atoms with Crippen molar-refractivity contribution in [2.75, 3.05) is 6.61 Å². The molecule has 0 unspecified atom stereocenters. The first-order valence-corrected chi connectivity index (χ1v) is 6.62. The number of hydrogen-bond donors (Lipinski definition) is 2. The maximum Gasteiger partial charge on any atom is 0.247 e. The van der Waals surface area contributed by atoms with E-state index in [-0.39, 0.29) is 30.3 Å². The van der Waals surface area contributed by atoms with E-state index in [2.05, 4.69) is 5.32 Å². The Kier molecular flexibility index (Phi) is 4.69. The summed E-state index contributed by atoms with van der Waals surface area (Å²) in [5, 5.41) is 11.9. The zero-order chi connectivity index (χ0) is 14.5. The summed E-state index contributed by atoms with van der Waals surface area (Å²) in [6, 6.07) is 5.95. The molecule has 106 valence electrons. The van der Waals surface area contributed by atoms with Crippen molar-refractivity contribution in [3.8, 4) is 0 Å². The summed E-state index contributed by atoms with van der Waals surface area (Å²) in [7, 11) is 0. The number of rotatable bonds is 4. The summed E-state index contributed by atoms with van der Waals surface area (Å²) in [6.45, 7) is 1.83. The molecule has 0 saturated heterocycles. The van der Waals surface area contributed by atoms with E-state index in [0.717, 1.165) is 12.0 Å².